The summed E-state index contributed by atoms with van der Waals surface area (Å²) in [6.45, 7) is 10.4. The molecule has 2 atom stereocenters. The normalized spacial score (nSPS) is 22.6. The molecular formula is C27H33N3O3. The number of carbonyl (C=O) groups excluding carboxylic acids is 3. The topological polar surface area (TPSA) is 69.7 Å². The Kier molecular flexibility index (Phi) is 5.81. The Labute approximate surface area is 196 Å². The third-order valence-corrected chi connectivity index (χ3v) is 7.17. The molecule has 1 N–H and O–H groups in total. The highest BCUT2D eigenvalue weighted by Gasteiger charge is 2.47. The van der Waals surface area contributed by atoms with E-state index in [9.17, 15) is 14.4 Å². The van der Waals surface area contributed by atoms with Crippen LogP contribution in [0.15, 0.2) is 48.5 Å². The van der Waals surface area contributed by atoms with Crippen molar-refractivity contribution in [2.24, 2.45) is 0 Å². The third kappa shape index (κ3) is 4.03. The van der Waals surface area contributed by atoms with Crippen molar-refractivity contribution in [3.63, 3.8) is 0 Å². The maximum atomic E-state index is 13.0. The second kappa shape index (κ2) is 8.32. The first-order valence-corrected chi connectivity index (χ1v) is 11.7. The predicted molar refractivity (Wildman–Crippen MR) is 130 cm³/mol. The molecule has 2 aromatic carbocycles. The van der Waals surface area contributed by atoms with E-state index in [1.54, 1.807) is 18.7 Å². The standard InChI is InChI=1S/C27H33N3O3/c1-18(29-15-9-12-24(29)32)25(33)28-21-13-14-23-22(16-21)27(5,20-10-7-6-8-11-20)17-26(3,4)30(23)19(2)31/h6-8,10-11,13-14,16,18H,9,12,15,17H2,1-5H3,(H,28,33). The smallest absolute Gasteiger partial charge is 0.246 e. The summed E-state index contributed by atoms with van der Waals surface area (Å²) in [5, 5.41) is 3.01. The lowest BCUT2D eigenvalue weighted by Gasteiger charge is -2.51. The summed E-state index contributed by atoms with van der Waals surface area (Å²) in [7, 11) is 0. The summed E-state index contributed by atoms with van der Waals surface area (Å²) >= 11 is 0. The van der Waals surface area contributed by atoms with E-state index in [4.69, 9.17) is 0 Å². The summed E-state index contributed by atoms with van der Waals surface area (Å²) in [6.07, 6.45) is 2.04. The largest absolute Gasteiger partial charge is 0.331 e. The number of nitrogens with zero attached hydrogens (tertiary/aromatic N) is 2. The Bertz CT molecular complexity index is 1100. The van der Waals surface area contributed by atoms with Gasteiger partial charge in [-0.1, -0.05) is 37.3 Å². The summed E-state index contributed by atoms with van der Waals surface area (Å²) in [4.78, 5) is 41.2. The first kappa shape index (κ1) is 23.0. The maximum Gasteiger partial charge on any atom is 0.246 e. The molecule has 0 bridgehead atoms. The minimum absolute atomic E-state index is 0.00526. The van der Waals surface area contributed by atoms with Gasteiger partial charge in [0, 0.05) is 42.2 Å². The van der Waals surface area contributed by atoms with Crippen molar-refractivity contribution in [3.05, 3.63) is 59.7 Å². The van der Waals surface area contributed by atoms with Gasteiger partial charge in [0.1, 0.15) is 6.04 Å². The number of rotatable bonds is 4. The fraction of sp³-hybridized carbons (Fsp3) is 0.444. The van der Waals surface area contributed by atoms with E-state index < -0.39 is 6.04 Å². The zero-order valence-corrected chi connectivity index (χ0v) is 20.1. The molecule has 0 aliphatic carbocycles. The van der Waals surface area contributed by atoms with Crippen molar-refractivity contribution in [2.75, 3.05) is 16.8 Å². The summed E-state index contributed by atoms with van der Waals surface area (Å²) in [5.74, 6) is -0.181. The molecule has 0 radical (unpaired) electrons. The highest BCUT2D eigenvalue weighted by atomic mass is 16.2. The zero-order valence-electron chi connectivity index (χ0n) is 20.1. The van der Waals surface area contributed by atoms with Crippen LogP contribution in [0.2, 0.25) is 0 Å². The molecule has 2 aliphatic heterocycles. The van der Waals surface area contributed by atoms with Crippen LogP contribution in [0.5, 0.6) is 0 Å². The second-order valence-electron chi connectivity index (χ2n) is 10.1. The Morgan fingerprint density at radius 3 is 2.36 bits per heavy atom. The summed E-state index contributed by atoms with van der Waals surface area (Å²) in [6, 6.07) is 15.6. The number of carbonyl (C=O) groups is 3. The molecule has 6 heteroatoms. The molecule has 6 nitrogen and oxygen atoms in total. The van der Waals surface area contributed by atoms with Gasteiger partial charge in [-0.15, -0.1) is 0 Å². The van der Waals surface area contributed by atoms with Crippen molar-refractivity contribution >= 4 is 29.1 Å². The molecule has 0 saturated carbocycles. The van der Waals surface area contributed by atoms with Crippen LogP contribution >= 0.6 is 0 Å². The second-order valence-corrected chi connectivity index (χ2v) is 10.1. The number of amides is 3. The lowest BCUT2D eigenvalue weighted by Crippen LogP contribution is -2.55. The summed E-state index contributed by atoms with van der Waals surface area (Å²) in [5.41, 5.74) is 2.99. The Morgan fingerprint density at radius 1 is 1.06 bits per heavy atom. The molecule has 0 aromatic heterocycles. The SMILES string of the molecule is CC(=O)N1c2ccc(NC(=O)C(C)N3CCCC3=O)cc2C(C)(c2ccccc2)CC1(C)C. The molecule has 4 rings (SSSR count). The van der Waals surface area contributed by atoms with Gasteiger partial charge in [0.05, 0.1) is 0 Å². The van der Waals surface area contributed by atoms with Gasteiger partial charge in [0.15, 0.2) is 0 Å². The highest BCUT2D eigenvalue weighted by molar-refractivity contribution is 5.99. The van der Waals surface area contributed by atoms with Gasteiger partial charge in [-0.25, -0.2) is 0 Å². The molecule has 2 unspecified atom stereocenters. The summed E-state index contributed by atoms with van der Waals surface area (Å²) < 4.78 is 0. The molecule has 1 saturated heterocycles. The minimum atomic E-state index is -0.524. The Balaban J connectivity index is 1.75. The number of fused-ring (bicyclic) bond motifs is 1. The first-order chi connectivity index (χ1) is 15.5. The molecule has 2 heterocycles. The zero-order chi connectivity index (χ0) is 24.0. The Morgan fingerprint density at radius 2 is 1.76 bits per heavy atom. The number of anilines is 2. The number of likely N-dealkylation sites (tertiary alicyclic amines) is 1. The van der Waals surface area contributed by atoms with Crippen molar-refractivity contribution in [1.82, 2.24) is 4.90 Å². The van der Waals surface area contributed by atoms with E-state index in [1.165, 1.54) is 5.56 Å². The monoisotopic (exact) mass is 447 g/mol. The van der Waals surface area contributed by atoms with E-state index in [-0.39, 0.29) is 28.7 Å². The average molecular weight is 448 g/mol. The number of hydrogen-bond acceptors (Lipinski definition) is 3. The van der Waals surface area contributed by atoms with Crippen molar-refractivity contribution in [1.29, 1.82) is 0 Å². The van der Waals surface area contributed by atoms with Crippen LogP contribution in [0.25, 0.3) is 0 Å². The van der Waals surface area contributed by atoms with E-state index in [0.29, 0.717) is 18.7 Å². The van der Waals surface area contributed by atoms with Crippen LogP contribution in [0.4, 0.5) is 11.4 Å². The molecule has 174 valence electrons. The van der Waals surface area contributed by atoms with Crippen LogP contribution in [0, 0.1) is 0 Å². The lowest BCUT2D eigenvalue weighted by atomic mass is 9.65. The van der Waals surface area contributed by atoms with E-state index in [1.807, 2.05) is 41.3 Å². The van der Waals surface area contributed by atoms with Crippen LogP contribution in [0.3, 0.4) is 0 Å². The van der Waals surface area contributed by atoms with Crippen molar-refractivity contribution < 1.29 is 14.4 Å². The van der Waals surface area contributed by atoms with Gasteiger partial charge in [-0.05, 0) is 62.9 Å². The van der Waals surface area contributed by atoms with Crippen molar-refractivity contribution in [3.8, 4) is 0 Å². The predicted octanol–water partition coefficient (Wildman–Crippen LogP) is 4.48. The molecule has 33 heavy (non-hydrogen) atoms. The fourth-order valence-electron chi connectivity index (χ4n) is 5.74. The van der Waals surface area contributed by atoms with Crippen molar-refractivity contribution in [2.45, 2.75) is 70.9 Å². The van der Waals surface area contributed by atoms with Crippen LogP contribution in [-0.2, 0) is 19.8 Å². The lowest BCUT2D eigenvalue weighted by molar-refractivity contribution is -0.134. The number of hydrogen-bond donors (Lipinski definition) is 1. The molecule has 2 aromatic rings. The molecule has 3 amide bonds. The van der Waals surface area contributed by atoms with Gasteiger partial charge in [-0.2, -0.15) is 0 Å². The third-order valence-electron chi connectivity index (χ3n) is 7.17. The van der Waals surface area contributed by atoms with E-state index in [2.05, 4.69) is 38.2 Å². The minimum Gasteiger partial charge on any atom is -0.331 e. The maximum absolute atomic E-state index is 13.0. The first-order valence-electron chi connectivity index (χ1n) is 11.7. The van der Waals surface area contributed by atoms with Gasteiger partial charge >= 0.3 is 0 Å². The van der Waals surface area contributed by atoms with E-state index >= 15 is 0 Å². The van der Waals surface area contributed by atoms with Crippen LogP contribution in [-0.4, -0.2) is 40.7 Å². The van der Waals surface area contributed by atoms with Gasteiger partial charge < -0.3 is 15.1 Å². The Hall–Kier alpha value is -3.15. The quantitative estimate of drug-likeness (QED) is 0.751. The molecule has 2 aliphatic rings. The van der Waals surface area contributed by atoms with Crippen LogP contribution in [0.1, 0.15) is 65.0 Å². The van der Waals surface area contributed by atoms with Gasteiger partial charge in [-0.3, -0.25) is 14.4 Å². The molecule has 1 fully saturated rings. The number of benzene rings is 2. The average Bonchev–Trinajstić information content (AvgIpc) is 3.19. The van der Waals surface area contributed by atoms with E-state index in [0.717, 1.165) is 24.1 Å². The van der Waals surface area contributed by atoms with Crippen LogP contribution < -0.4 is 10.2 Å². The molecule has 0 spiro atoms. The van der Waals surface area contributed by atoms with Gasteiger partial charge in [0.25, 0.3) is 0 Å². The molecular weight excluding hydrogens is 414 g/mol. The van der Waals surface area contributed by atoms with Gasteiger partial charge in [0.2, 0.25) is 17.7 Å². The fourth-order valence-corrected chi connectivity index (χ4v) is 5.74. The highest BCUT2D eigenvalue weighted by Crippen LogP contribution is 2.51. The number of nitrogens with one attached hydrogen (secondary N) is 1.